The van der Waals surface area contributed by atoms with E-state index in [1.165, 1.54) is 0 Å². The van der Waals surface area contributed by atoms with Crippen molar-refractivity contribution in [2.45, 2.75) is 38.1 Å². The van der Waals surface area contributed by atoms with Crippen LogP contribution in [-0.4, -0.2) is 24.5 Å². The SMILES string of the molecule is CC1CCCC(NCCN=[N+]=[N-])(C(N)=O)C1. The van der Waals surface area contributed by atoms with Gasteiger partial charge in [-0.25, -0.2) is 0 Å². The highest BCUT2D eigenvalue weighted by molar-refractivity contribution is 5.84. The average molecular weight is 225 g/mol. The summed E-state index contributed by atoms with van der Waals surface area (Å²) in [6.45, 7) is 2.98. The molecule has 16 heavy (non-hydrogen) atoms. The van der Waals surface area contributed by atoms with Crippen molar-refractivity contribution in [2.75, 3.05) is 13.1 Å². The number of nitrogens with two attached hydrogens (primary N) is 1. The van der Waals surface area contributed by atoms with Crippen molar-refractivity contribution in [1.29, 1.82) is 0 Å². The van der Waals surface area contributed by atoms with Gasteiger partial charge in [-0.3, -0.25) is 4.79 Å². The lowest BCUT2D eigenvalue weighted by atomic mass is 9.76. The van der Waals surface area contributed by atoms with Crippen molar-refractivity contribution in [3.63, 3.8) is 0 Å². The molecular weight excluding hydrogens is 206 g/mol. The lowest BCUT2D eigenvalue weighted by Crippen LogP contribution is -2.58. The van der Waals surface area contributed by atoms with E-state index in [1.807, 2.05) is 0 Å². The molecule has 0 saturated heterocycles. The maximum atomic E-state index is 11.5. The van der Waals surface area contributed by atoms with Crippen LogP contribution >= 0.6 is 0 Å². The third-order valence-corrected chi connectivity index (χ3v) is 3.21. The fraction of sp³-hybridized carbons (Fsp3) is 0.900. The molecule has 6 heteroatoms. The normalized spacial score (nSPS) is 29.4. The van der Waals surface area contributed by atoms with Gasteiger partial charge in [0.1, 0.15) is 0 Å². The molecule has 0 heterocycles. The van der Waals surface area contributed by atoms with E-state index in [0.717, 1.165) is 25.7 Å². The Morgan fingerprint density at radius 1 is 1.75 bits per heavy atom. The summed E-state index contributed by atoms with van der Waals surface area (Å²) in [5, 5.41) is 6.59. The maximum Gasteiger partial charge on any atom is 0.237 e. The monoisotopic (exact) mass is 225 g/mol. The molecule has 90 valence electrons. The number of nitrogens with zero attached hydrogens (tertiary/aromatic N) is 3. The van der Waals surface area contributed by atoms with Crippen LogP contribution in [0, 0.1) is 5.92 Å². The fourth-order valence-corrected chi connectivity index (χ4v) is 2.41. The molecule has 1 saturated carbocycles. The Bertz CT molecular complexity index is 300. The van der Waals surface area contributed by atoms with E-state index in [-0.39, 0.29) is 5.91 Å². The average Bonchev–Trinajstić information content (AvgIpc) is 2.24. The van der Waals surface area contributed by atoms with Crippen LogP contribution in [0.1, 0.15) is 32.6 Å². The largest absolute Gasteiger partial charge is 0.368 e. The molecule has 0 bridgehead atoms. The first kappa shape index (κ1) is 12.8. The first-order valence-corrected chi connectivity index (χ1v) is 5.66. The summed E-state index contributed by atoms with van der Waals surface area (Å²) in [6, 6.07) is 0. The van der Waals surface area contributed by atoms with Crippen LogP contribution in [0.15, 0.2) is 5.11 Å². The lowest BCUT2D eigenvalue weighted by molar-refractivity contribution is -0.126. The second kappa shape index (κ2) is 5.72. The number of nitrogens with one attached hydrogen (secondary N) is 1. The van der Waals surface area contributed by atoms with E-state index < -0.39 is 5.54 Å². The van der Waals surface area contributed by atoms with Gasteiger partial charge in [-0.15, -0.1) is 0 Å². The molecule has 0 aromatic carbocycles. The van der Waals surface area contributed by atoms with Crippen LogP contribution in [0.4, 0.5) is 0 Å². The predicted octanol–water partition coefficient (Wildman–Crippen LogP) is 1.32. The molecule has 0 spiro atoms. The minimum Gasteiger partial charge on any atom is -0.368 e. The van der Waals surface area contributed by atoms with Gasteiger partial charge in [-0.1, -0.05) is 24.9 Å². The molecule has 0 aromatic heterocycles. The van der Waals surface area contributed by atoms with Gasteiger partial charge in [0.2, 0.25) is 5.91 Å². The number of hydrogen-bond acceptors (Lipinski definition) is 3. The molecule has 2 unspecified atom stereocenters. The quantitative estimate of drug-likeness (QED) is 0.319. The lowest BCUT2D eigenvalue weighted by Gasteiger charge is -2.38. The number of carbonyl (C=O) groups excluding carboxylic acids is 1. The summed E-state index contributed by atoms with van der Waals surface area (Å²) in [4.78, 5) is 14.2. The van der Waals surface area contributed by atoms with E-state index in [2.05, 4.69) is 22.3 Å². The van der Waals surface area contributed by atoms with E-state index in [1.54, 1.807) is 0 Å². The molecule has 6 nitrogen and oxygen atoms in total. The number of primary amides is 1. The van der Waals surface area contributed by atoms with Gasteiger partial charge in [0.15, 0.2) is 0 Å². The van der Waals surface area contributed by atoms with Gasteiger partial charge in [-0.05, 0) is 24.3 Å². The molecule has 2 atom stereocenters. The summed E-state index contributed by atoms with van der Waals surface area (Å²) in [5.74, 6) is 0.216. The molecular formula is C10H19N5O. The first-order chi connectivity index (χ1) is 7.60. The van der Waals surface area contributed by atoms with E-state index in [4.69, 9.17) is 11.3 Å². The molecule has 1 aliphatic carbocycles. The Labute approximate surface area is 95.2 Å². The number of azide groups is 1. The van der Waals surface area contributed by atoms with Gasteiger partial charge >= 0.3 is 0 Å². The molecule has 1 rings (SSSR count). The van der Waals surface area contributed by atoms with Crippen molar-refractivity contribution in [3.05, 3.63) is 10.4 Å². The van der Waals surface area contributed by atoms with Crippen LogP contribution in [0.5, 0.6) is 0 Å². The smallest absolute Gasteiger partial charge is 0.237 e. The van der Waals surface area contributed by atoms with Crippen LogP contribution < -0.4 is 11.1 Å². The van der Waals surface area contributed by atoms with Crippen LogP contribution in [0.2, 0.25) is 0 Å². The Kier molecular flexibility index (Phi) is 4.58. The van der Waals surface area contributed by atoms with Crippen LogP contribution in [-0.2, 0) is 4.79 Å². The van der Waals surface area contributed by atoms with Crippen molar-refractivity contribution in [3.8, 4) is 0 Å². The Balaban J connectivity index is 2.57. The minimum absolute atomic E-state index is 0.292. The zero-order valence-electron chi connectivity index (χ0n) is 9.65. The Morgan fingerprint density at radius 3 is 3.06 bits per heavy atom. The maximum absolute atomic E-state index is 11.5. The summed E-state index contributed by atoms with van der Waals surface area (Å²) in [7, 11) is 0. The van der Waals surface area contributed by atoms with Crippen molar-refractivity contribution in [2.24, 2.45) is 16.8 Å². The number of carbonyl (C=O) groups is 1. The van der Waals surface area contributed by atoms with Crippen molar-refractivity contribution in [1.82, 2.24) is 5.32 Å². The highest BCUT2D eigenvalue weighted by atomic mass is 16.1. The Hall–Kier alpha value is -1.26. The summed E-state index contributed by atoms with van der Waals surface area (Å²) >= 11 is 0. The summed E-state index contributed by atoms with van der Waals surface area (Å²) in [6.07, 6.45) is 3.72. The zero-order chi connectivity index (χ0) is 12.0. The Morgan fingerprint density at radius 2 is 2.50 bits per heavy atom. The zero-order valence-corrected chi connectivity index (χ0v) is 9.65. The number of amides is 1. The van der Waals surface area contributed by atoms with Gasteiger partial charge in [0, 0.05) is 18.0 Å². The predicted molar refractivity (Wildman–Crippen MR) is 61.6 cm³/mol. The van der Waals surface area contributed by atoms with Gasteiger partial charge < -0.3 is 11.1 Å². The molecule has 1 amide bonds. The highest BCUT2D eigenvalue weighted by Crippen LogP contribution is 2.31. The summed E-state index contributed by atoms with van der Waals surface area (Å²) < 4.78 is 0. The third-order valence-electron chi connectivity index (χ3n) is 3.21. The van der Waals surface area contributed by atoms with E-state index in [0.29, 0.717) is 19.0 Å². The van der Waals surface area contributed by atoms with Crippen molar-refractivity contribution < 1.29 is 4.79 Å². The molecule has 0 aromatic rings. The first-order valence-electron chi connectivity index (χ1n) is 5.66. The van der Waals surface area contributed by atoms with Crippen LogP contribution in [0.3, 0.4) is 0 Å². The minimum atomic E-state index is -0.595. The van der Waals surface area contributed by atoms with E-state index in [9.17, 15) is 4.79 Å². The second-order valence-corrected chi connectivity index (χ2v) is 4.53. The van der Waals surface area contributed by atoms with Crippen molar-refractivity contribution >= 4 is 5.91 Å². The van der Waals surface area contributed by atoms with Crippen LogP contribution in [0.25, 0.3) is 10.4 Å². The third kappa shape index (κ3) is 3.12. The molecule has 0 radical (unpaired) electrons. The van der Waals surface area contributed by atoms with Gasteiger partial charge in [0.05, 0.1) is 5.54 Å². The van der Waals surface area contributed by atoms with Gasteiger partial charge in [-0.2, -0.15) is 0 Å². The summed E-state index contributed by atoms with van der Waals surface area (Å²) in [5.41, 5.74) is 13.0. The standard InChI is InChI=1S/C10H19N5O/c1-8-3-2-4-10(7-8,9(11)16)13-5-6-14-15-12/h8,13H,2-7H2,1H3,(H2,11,16). The fourth-order valence-electron chi connectivity index (χ4n) is 2.41. The van der Waals surface area contributed by atoms with E-state index >= 15 is 0 Å². The molecule has 3 N–H and O–H groups in total. The second-order valence-electron chi connectivity index (χ2n) is 4.53. The molecule has 0 aliphatic heterocycles. The number of hydrogen-bond donors (Lipinski definition) is 2. The molecule has 1 aliphatic rings. The van der Waals surface area contributed by atoms with Gasteiger partial charge in [0.25, 0.3) is 0 Å². The number of rotatable bonds is 5. The molecule has 1 fully saturated rings. The highest BCUT2D eigenvalue weighted by Gasteiger charge is 2.39. The topological polar surface area (TPSA) is 104 Å².